The molecule has 0 bridgehead atoms. The molecule has 0 aromatic carbocycles. The summed E-state index contributed by atoms with van der Waals surface area (Å²) in [6, 6.07) is 1.56. The lowest BCUT2D eigenvalue weighted by molar-refractivity contribution is 0.0351. The van der Waals surface area contributed by atoms with E-state index in [1.165, 1.54) is 6.42 Å². The van der Waals surface area contributed by atoms with Crippen LogP contribution in [-0.4, -0.2) is 76.8 Å². The Morgan fingerprint density at radius 2 is 2.12 bits per heavy atom. The molecule has 3 atom stereocenters. The van der Waals surface area contributed by atoms with Crippen molar-refractivity contribution in [2.24, 2.45) is 5.92 Å². The predicted molar refractivity (Wildman–Crippen MR) is 128 cm³/mol. The fraction of sp³-hybridized carbons (Fsp3) is 0.640. The maximum atomic E-state index is 13.3. The van der Waals surface area contributed by atoms with Gasteiger partial charge in [0.1, 0.15) is 11.7 Å². The minimum atomic E-state index is -0.354. The second-order valence-corrected chi connectivity index (χ2v) is 9.41. The van der Waals surface area contributed by atoms with Crippen LogP contribution in [0.2, 0.25) is 0 Å². The number of urea groups is 1. The van der Waals surface area contributed by atoms with Crippen molar-refractivity contribution in [3.8, 4) is 5.88 Å². The molecule has 1 fully saturated rings. The molecule has 0 radical (unpaired) electrons. The normalized spacial score (nSPS) is 22.8. The fourth-order valence-corrected chi connectivity index (χ4v) is 4.50. The number of ether oxygens (including phenoxy) is 1. The van der Waals surface area contributed by atoms with Gasteiger partial charge in [-0.15, -0.1) is 0 Å². The molecule has 182 valence electrons. The van der Waals surface area contributed by atoms with Crippen LogP contribution >= 0.6 is 0 Å². The van der Waals surface area contributed by atoms with Crippen LogP contribution in [0.5, 0.6) is 5.88 Å². The van der Waals surface area contributed by atoms with Crippen molar-refractivity contribution < 1.29 is 19.4 Å². The van der Waals surface area contributed by atoms with Crippen LogP contribution in [0.1, 0.15) is 68.8 Å². The van der Waals surface area contributed by atoms with E-state index in [0.717, 1.165) is 31.2 Å². The smallest absolute Gasteiger partial charge is 0.317 e. The van der Waals surface area contributed by atoms with Gasteiger partial charge in [0.2, 0.25) is 5.88 Å². The zero-order valence-corrected chi connectivity index (χ0v) is 20.3. The van der Waals surface area contributed by atoms with Crippen LogP contribution in [0.15, 0.2) is 18.3 Å². The van der Waals surface area contributed by atoms with Crippen LogP contribution < -0.4 is 10.1 Å². The molecule has 1 aliphatic heterocycles. The topological polar surface area (TPSA) is 95.0 Å². The second kappa shape index (κ2) is 11.5. The van der Waals surface area contributed by atoms with Crippen molar-refractivity contribution >= 4 is 18.0 Å². The Morgan fingerprint density at radius 1 is 1.39 bits per heavy atom. The molecule has 33 heavy (non-hydrogen) atoms. The van der Waals surface area contributed by atoms with Crippen molar-refractivity contribution in [3.63, 3.8) is 0 Å². The molecule has 2 N–H and O–H groups in total. The molecule has 1 saturated carbocycles. The number of aromatic nitrogens is 1. The number of aliphatic hydroxyl groups is 1. The fourth-order valence-electron chi connectivity index (χ4n) is 4.50. The minimum Gasteiger partial charge on any atom is -0.472 e. The van der Waals surface area contributed by atoms with E-state index in [0.29, 0.717) is 18.7 Å². The SMILES string of the molecule is C/C=C/c1cnc2c(c1)C(=O)N([C@@H](C)CO)C[C@@H](C)[C@@H](CN(C)C(=O)NC1CCCCC1)O2. The number of allylic oxidation sites excluding steroid dienone is 1. The Hall–Kier alpha value is -2.61. The lowest BCUT2D eigenvalue weighted by atomic mass is 9.96. The Labute approximate surface area is 197 Å². The third-order valence-corrected chi connectivity index (χ3v) is 6.63. The molecular formula is C25H38N4O4. The van der Waals surface area contributed by atoms with E-state index in [-0.39, 0.29) is 48.5 Å². The van der Waals surface area contributed by atoms with Gasteiger partial charge in [-0.2, -0.15) is 0 Å². The molecule has 0 spiro atoms. The number of pyridine rings is 1. The molecule has 2 aliphatic rings. The largest absolute Gasteiger partial charge is 0.472 e. The third-order valence-electron chi connectivity index (χ3n) is 6.63. The number of amides is 3. The summed E-state index contributed by atoms with van der Waals surface area (Å²) in [7, 11) is 1.77. The van der Waals surface area contributed by atoms with Gasteiger partial charge >= 0.3 is 6.03 Å². The molecule has 0 unspecified atom stereocenters. The Bertz CT molecular complexity index is 853. The maximum Gasteiger partial charge on any atom is 0.317 e. The van der Waals surface area contributed by atoms with Gasteiger partial charge in [0, 0.05) is 31.7 Å². The summed E-state index contributed by atoms with van der Waals surface area (Å²) < 4.78 is 6.26. The predicted octanol–water partition coefficient (Wildman–Crippen LogP) is 3.31. The van der Waals surface area contributed by atoms with E-state index >= 15 is 0 Å². The lowest BCUT2D eigenvalue weighted by Crippen LogP contribution is -2.52. The first-order valence-electron chi connectivity index (χ1n) is 12.1. The van der Waals surface area contributed by atoms with Crippen molar-refractivity contribution in [2.45, 2.75) is 71.1 Å². The standard InChI is InChI=1S/C25H38N4O4/c1-5-9-19-12-21-23(26-13-19)33-22(17(2)14-29(24(21)31)18(3)16-30)15-28(4)25(32)27-20-10-7-6-8-11-20/h5,9,12-13,17-18,20,22,30H,6-8,10-11,14-16H2,1-4H3,(H,27,32)/b9-5+/t17-,18+,22-/m1/s1. The molecule has 8 nitrogen and oxygen atoms in total. The van der Waals surface area contributed by atoms with Crippen molar-refractivity contribution in [3.05, 3.63) is 29.5 Å². The molecule has 2 heterocycles. The molecular weight excluding hydrogens is 420 g/mol. The average molecular weight is 459 g/mol. The number of likely N-dealkylation sites (N-methyl/N-ethyl adjacent to an activating group) is 1. The number of nitrogens with zero attached hydrogens (tertiary/aromatic N) is 3. The Morgan fingerprint density at radius 3 is 2.79 bits per heavy atom. The molecule has 3 amide bonds. The van der Waals surface area contributed by atoms with Gasteiger partial charge in [-0.25, -0.2) is 9.78 Å². The van der Waals surface area contributed by atoms with Gasteiger partial charge in [-0.1, -0.05) is 38.3 Å². The highest BCUT2D eigenvalue weighted by atomic mass is 16.5. The molecule has 1 aromatic heterocycles. The molecule has 0 saturated heterocycles. The third kappa shape index (κ3) is 6.25. The van der Waals surface area contributed by atoms with Gasteiger partial charge in [0.15, 0.2) is 0 Å². The van der Waals surface area contributed by atoms with Crippen LogP contribution in [0.3, 0.4) is 0 Å². The highest BCUT2D eigenvalue weighted by Gasteiger charge is 2.34. The van der Waals surface area contributed by atoms with Crippen molar-refractivity contribution in [2.75, 3.05) is 26.7 Å². The summed E-state index contributed by atoms with van der Waals surface area (Å²) >= 11 is 0. The number of nitrogens with one attached hydrogen (secondary N) is 1. The average Bonchev–Trinajstić information content (AvgIpc) is 2.82. The molecule has 3 rings (SSSR count). The summed E-state index contributed by atoms with van der Waals surface area (Å²) in [6.07, 6.45) is 10.7. The Kier molecular flexibility index (Phi) is 8.72. The number of aliphatic hydroxyl groups excluding tert-OH is 1. The second-order valence-electron chi connectivity index (χ2n) is 9.41. The maximum absolute atomic E-state index is 13.3. The lowest BCUT2D eigenvalue weighted by Gasteiger charge is -2.38. The number of rotatable bonds is 6. The van der Waals surface area contributed by atoms with Crippen molar-refractivity contribution in [1.82, 2.24) is 20.1 Å². The van der Waals surface area contributed by atoms with Crippen LogP contribution in [0.25, 0.3) is 6.08 Å². The van der Waals surface area contributed by atoms with E-state index in [1.807, 2.05) is 32.9 Å². The van der Waals surface area contributed by atoms with Gasteiger partial charge in [-0.3, -0.25) is 4.79 Å². The number of carbonyl (C=O) groups excluding carboxylic acids is 2. The summed E-state index contributed by atoms with van der Waals surface area (Å²) in [6.45, 7) is 6.38. The highest BCUT2D eigenvalue weighted by molar-refractivity contribution is 5.97. The summed E-state index contributed by atoms with van der Waals surface area (Å²) in [5.74, 6) is -0.0156. The first kappa shape index (κ1) is 25.0. The first-order valence-corrected chi connectivity index (χ1v) is 12.1. The summed E-state index contributed by atoms with van der Waals surface area (Å²) in [4.78, 5) is 33.9. The van der Waals surface area contributed by atoms with Gasteiger partial charge in [0.05, 0.1) is 19.2 Å². The van der Waals surface area contributed by atoms with Crippen LogP contribution in [0.4, 0.5) is 4.79 Å². The minimum absolute atomic E-state index is 0.0713. The van der Waals surface area contributed by atoms with E-state index < -0.39 is 0 Å². The van der Waals surface area contributed by atoms with Crippen molar-refractivity contribution in [1.29, 1.82) is 0 Å². The van der Waals surface area contributed by atoms with E-state index in [2.05, 4.69) is 10.3 Å². The summed E-state index contributed by atoms with van der Waals surface area (Å²) in [5.41, 5.74) is 1.18. The van der Waals surface area contributed by atoms with Crippen LogP contribution in [0, 0.1) is 5.92 Å². The highest BCUT2D eigenvalue weighted by Crippen LogP contribution is 2.28. The van der Waals surface area contributed by atoms with Gasteiger partial charge in [-0.05, 0) is 38.3 Å². The van der Waals surface area contributed by atoms with Gasteiger partial charge < -0.3 is 25.0 Å². The zero-order chi connectivity index (χ0) is 24.0. The van der Waals surface area contributed by atoms with E-state index in [4.69, 9.17) is 4.74 Å². The van der Waals surface area contributed by atoms with E-state index in [1.54, 1.807) is 29.1 Å². The number of hydrogen-bond donors (Lipinski definition) is 2. The summed E-state index contributed by atoms with van der Waals surface area (Å²) in [5, 5.41) is 12.9. The molecule has 8 heteroatoms. The number of carbonyl (C=O) groups is 2. The molecule has 1 aliphatic carbocycles. The molecule has 1 aromatic rings. The van der Waals surface area contributed by atoms with Crippen LogP contribution in [-0.2, 0) is 0 Å². The number of fused-ring (bicyclic) bond motifs is 1. The van der Waals surface area contributed by atoms with E-state index in [9.17, 15) is 14.7 Å². The first-order chi connectivity index (χ1) is 15.8. The number of hydrogen-bond acceptors (Lipinski definition) is 5. The quantitative estimate of drug-likeness (QED) is 0.682. The van der Waals surface area contributed by atoms with Gasteiger partial charge in [0.25, 0.3) is 5.91 Å². The zero-order valence-electron chi connectivity index (χ0n) is 20.3. The monoisotopic (exact) mass is 458 g/mol. The Balaban J connectivity index is 1.82.